The number of nitrogens with one attached hydrogen (secondary N) is 1. The number of methoxy groups -OCH3 is 1. The molecule has 4 heterocycles. The van der Waals surface area contributed by atoms with Gasteiger partial charge in [-0.05, 0) is 19.4 Å². The molecule has 16 heteroatoms. The average Bonchev–Trinajstić information content (AvgIpc) is 3.57. The predicted molar refractivity (Wildman–Crippen MR) is 141 cm³/mol. The molecule has 0 aliphatic carbocycles. The number of hydrogen-bond donors (Lipinski definition) is 4. The Bertz CT molecular complexity index is 1410. The number of nitrogen functional groups attached to an aromatic ring is 1. The molecule has 2 aliphatic heterocycles. The van der Waals surface area contributed by atoms with Crippen molar-refractivity contribution in [1.82, 2.24) is 24.6 Å². The van der Waals surface area contributed by atoms with Crippen molar-refractivity contribution in [1.29, 1.82) is 0 Å². The van der Waals surface area contributed by atoms with Gasteiger partial charge in [-0.2, -0.15) is 9.97 Å². The van der Waals surface area contributed by atoms with Crippen LogP contribution in [0, 0.1) is 0 Å². The van der Waals surface area contributed by atoms with E-state index in [9.17, 15) is 19.6 Å². The topological polar surface area (TPSA) is 193 Å². The molecule has 0 bridgehead atoms. The lowest BCUT2D eigenvalue weighted by Gasteiger charge is -2.27. The highest BCUT2D eigenvalue weighted by Gasteiger charge is 2.54. The number of aliphatic hydroxyl groups is 2. The van der Waals surface area contributed by atoms with Gasteiger partial charge in [0.2, 0.25) is 11.8 Å². The highest BCUT2D eigenvalue weighted by molar-refractivity contribution is 8.56. The molecular formula is C23H29N6O8PS. The van der Waals surface area contributed by atoms with Gasteiger partial charge in [0.1, 0.15) is 30.0 Å². The molecular weight excluding hydrogens is 551 g/mol. The molecule has 2 saturated heterocycles. The molecule has 0 saturated carbocycles. The number of carbonyl (C=O) groups is 1. The second-order valence-electron chi connectivity index (χ2n) is 9.37. The minimum absolute atomic E-state index is 0.0761. The Kier molecular flexibility index (Phi) is 7.59. The Hall–Kier alpha value is -2.78. The number of nitrogens with two attached hydrogens (primary N) is 1. The molecule has 5 N–H and O–H groups in total. The van der Waals surface area contributed by atoms with E-state index in [1.807, 2.05) is 30.3 Å². The molecule has 0 amide bonds. The lowest BCUT2D eigenvalue weighted by atomic mass is 9.96. The Morgan fingerprint density at radius 2 is 2.13 bits per heavy atom. The van der Waals surface area contributed by atoms with Gasteiger partial charge in [0.05, 0.1) is 20.0 Å². The molecule has 5 rings (SSSR count). The van der Waals surface area contributed by atoms with E-state index in [4.69, 9.17) is 24.5 Å². The lowest BCUT2D eigenvalue weighted by Crippen LogP contribution is -2.44. The number of esters is 1. The van der Waals surface area contributed by atoms with Crippen LogP contribution in [-0.4, -0.2) is 79.0 Å². The first-order valence-corrected chi connectivity index (χ1v) is 15.3. The van der Waals surface area contributed by atoms with Gasteiger partial charge in [-0.15, -0.1) is 0 Å². The van der Waals surface area contributed by atoms with Crippen LogP contribution in [-0.2, 0) is 23.4 Å². The molecule has 7 atom stereocenters. The van der Waals surface area contributed by atoms with Crippen molar-refractivity contribution in [3.63, 3.8) is 0 Å². The highest BCUT2D eigenvalue weighted by Crippen LogP contribution is 2.61. The third-order valence-corrected chi connectivity index (χ3v) is 10.6. The Balaban J connectivity index is 1.23. The summed E-state index contributed by atoms with van der Waals surface area (Å²) in [7, 11) is 1.41. The summed E-state index contributed by atoms with van der Waals surface area (Å²) < 4.78 is 37.0. The summed E-state index contributed by atoms with van der Waals surface area (Å²) in [5.74, 6) is -0.310. The molecule has 210 valence electrons. The number of fused-ring (bicyclic) bond motifs is 1. The number of nitrogens with zero attached hydrogens (tertiary/aromatic N) is 4. The maximum absolute atomic E-state index is 13.3. The zero-order valence-electron chi connectivity index (χ0n) is 21.3. The number of carbonyl (C=O) groups excluding carboxylic acids is 1. The molecule has 2 unspecified atom stereocenters. The third kappa shape index (κ3) is 5.35. The molecule has 1 aromatic carbocycles. The van der Waals surface area contributed by atoms with Crippen LogP contribution in [0.2, 0.25) is 0 Å². The Morgan fingerprint density at radius 1 is 1.38 bits per heavy atom. The van der Waals surface area contributed by atoms with Gasteiger partial charge in [0.15, 0.2) is 17.4 Å². The van der Waals surface area contributed by atoms with Gasteiger partial charge in [-0.3, -0.25) is 13.9 Å². The number of benzene rings is 1. The van der Waals surface area contributed by atoms with Crippen LogP contribution in [0.25, 0.3) is 11.2 Å². The fraction of sp³-hybridized carbons (Fsp3) is 0.478. The van der Waals surface area contributed by atoms with E-state index in [2.05, 4.69) is 20.0 Å². The van der Waals surface area contributed by atoms with Gasteiger partial charge >= 0.3 is 12.7 Å². The smallest absolute Gasteiger partial charge is 0.327 e. The van der Waals surface area contributed by atoms with E-state index in [0.717, 1.165) is 16.9 Å². The number of imidazole rings is 1. The van der Waals surface area contributed by atoms with Crippen LogP contribution in [0.3, 0.4) is 0 Å². The van der Waals surface area contributed by atoms with Gasteiger partial charge in [0.25, 0.3) is 0 Å². The summed E-state index contributed by atoms with van der Waals surface area (Å²) in [6.45, 7) is -0.719. The van der Waals surface area contributed by atoms with E-state index < -0.39 is 48.9 Å². The highest BCUT2D eigenvalue weighted by atomic mass is 32.7. The Labute approximate surface area is 227 Å². The van der Waals surface area contributed by atoms with Gasteiger partial charge in [0, 0.05) is 5.75 Å². The van der Waals surface area contributed by atoms with E-state index in [1.165, 1.54) is 24.9 Å². The molecule has 2 fully saturated rings. The largest absolute Gasteiger partial charge is 0.479 e. The summed E-state index contributed by atoms with van der Waals surface area (Å²) >= 11 is 0.956. The fourth-order valence-corrected chi connectivity index (χ4v) is 8.33. The van der Waals surface area contributed by atoms with Crippen LogP contribution >= 0.6 is 18.1 Å². The number of aromatic nitrogens is 4. The first kappa shape index (κ1) is 27.8. The van der Waals surface area contributed by atoms with Crippen LogP contribution in [0.4, 0.5) is 5.95 Å². The SMILES string of the molecule is COc1nc(N)nc2c1ncn2[C@@H]1O[C@H](COP2(=O)NC(C(=O)O[C@@H](C)c3ccccc3)CS2)[C@@H](O)[C@@]1(C)O. The monoisotopic (exact) mass is 580 g/mol. The van der Waals surface area contributed by atoms with Crippen LogP contribution in [0.1, 0.15) is 31.7 Å². The van der Waals surface area contributed by atoms with Gasteiger partial charge < -0.3 is 34.7 Å². The number of anilines is 1. The van der Waals surface area contributed by atoms with E-state index in [0.29, 0.717) is 0 Å². The van der Waals surface area contributed by atoms with Crippen molar-refractivity contribution in [3.8, 4) is 5.88 Å². The zero-order chi connectivity index (χ0) is 27.9. The van der Waals surface area contributed by atoms with Crippen molar-refractivity contribution in [2.45, 2.75) is 50.0 Å². The molecule has 2 aliphatic rings. The van der Waals surface area contributed by atoms with Crippen molar-refractivity contribution in [2.75, 3.05) is 25.2 Å². The number of hydrogen-bond acceptors (Lipinski definition) is 13. The molecule has 3 aromatic rings. The summed E-state index contributed by atoms with van der Waals surface area (Å²) in [6, 6.07) is 8.43. The predicted octanol–water partition coefficient (Wildman–Crippen LogP) is 1.56. The maximum atomic E-state index is 13.3. The first-order valence-electron chi connectivity index (χ1n) is 12.0. The van der Waals surface area contributed by atoms with Crippen LogP contribution in [0.5, 0.6) is 5.88 Å². The van der Waals surface area contributed by atoms with Crippen LogP contribution in [0.15, 0.2) is 36.7 Å². The summed E-state index contributed by atoms with van der Waals surface area (Å²) in [6.07, 6.45) is -2.75. The maximum Gasteiger partial charge on any atom is 0.327 e. The quantitative estimate of drug-likeness (QED) is 0.221. The minimum atomic E-state index is -3.53. The summed E-state index contributed by atoms with van der Waals surface area (Å²) in [5.41, 5.74) is 5.33. The van der Waals surface area contributed by atoms with Gasteiger partial charge in [-0.1, -0.05) is 41.7 Å². The first-order chi connectivity index (χ1) is 18.5. The van der Waals surface area contributed by atoms with E-state index >= 15 is 0 Å². The van der Waals surface area contributed by atoms with Crippen molar-refractivity contribution < 1.29 is 38.3 Å². The van der Waals surface area contributed by atoms with E-state index in [-0.39, 0.29) is 35.4 Å². The fourth-order valence-electron chi connectivity index (χ4n) is 4.45. The van der Waals surface area contributed by atoms with Gasteiger partial charge in [-0.25, -0.2) is 10.1 Å². The lowest BCUT2D eigenvalue weighted by molar-refractivity contribution is -0.150. The normalized spacial score (nSPS) is 31.4. The molecule has 14 nitrogen and oxygen atoms in total. The molecule has 39 heavy (non-hydrogen) atoms. The standard InChI is InChI=1S/C23H29N6O8PS/c1-12(13-7-5-4-6-8-13)36-20(31)14-10-39-38(33,28-14)35-9-15-17(30)23(2,32)21(37-15)29-11-25-16-18(29)26-22(24)27-19(16)34-3/h4-8,11-12,14-15,17,21,30,32H,9-10H2,1-3H3,(H,28,33)(H2,24,26,27)/t12-,14?,15+,17+,21+,23+,38?/m0/s1. The number of aliphatic hydroxyl groups excluding tert-OH is 1. The average molecular weight is 581 g/mol. The van der Waals surface area contributed by atoms with Crippen molar-refractivity contribution >= 4 is 41.2 Å². The van der Waals surface area contributed by atoms with Crippen molar-refractivity contribution in [2.24, 2.45) is 0 Å². The molecule has 0 spiro atoms. The third-order valence-electron chi connectivity index (χ3n) is 6.59. The summed E-state index contributed by atoms with van der Waals surface area (Å²) in [4.78, 5) is 25.0. The zero-order valence-corrected chi connectivity index (χ0v) is 23.0. The van der Waals surface area contributed by atoms with Crippen molar-refractivity contribution in [3.05, 3.63) is 42.2 Å². The van der Waals surface area contributed by atoms with E-state index in [1.54, 1.807) is 6.92 Å². The summed E-state index contributed by atoms with van der Waals surface area (Å²) in [5, 5.41) is 24.7. The second kappa shape index (κ2) is 10.7. The second-order valence-corrected chi connectivity index (χ2v) is 13.7. The Morgan fingerprint density at radius 3 is 2.85 bits per heavy atom. The number of ether oxygens (including phenoxy) is 3. The molecule has 2 aromatic heterocycles. The molecule has 0 radical (unpaired) electrons. The van der Waals surface area contributed by atoms with Crippen LogP contribution < -0.4 is 15.6 Å². The minimum Gasteiger partial charge on any atom is -0.479 e. The number of rotatable bonds is 8.